The summed E-state index contributed by atoms with van der Waals surface area (Å²) in [5.41, 5.74) is 3.27. The molecule has 26 heavy (non-hydrogen) atoms. The van der Waals surface area contributed by atoms with Gasteiger partial charge in [0.15, 0.2) is 0 Å². The molecule has 134 valence electrons. The van der Waals surface area contributed by atoms with Gasteiger partial charge in [-0.05, 0) is 19.4 Å². The summed E-state index contributed by atoms with van der Waals surface area (Å²) in [5, 5.41) is 6.67. The largest absolute Gasteiger partial charge is 0.346 e. The highest BCUT2D eigenvalue weighted by Gasteiger charge is 2.15. The lowest BCUT2D eigenvalue weighted by Gasteiger charge is -2.10. The molecular formula is C20H21N3O2S. The molecule has 0 unspecified atom stereocenters. The van der Waals surface area contributed by atoms with Crippen LogP contribution in [0.25, 0.3) is 11.4 Å². The van der Waals surface area contributed by atoms with Crippen LogP contribution in [0.2, 0.25) is 0 Å². The van der Waals surface area contributed by atoms with Crippen molar-refractivity contribution in [1.82, 2.24) is 15.5 Å². The van der Waals surface area contributed by atoms with Crippen LogP contribution in [0, 0.1) is 6.92 Å². The Hall–Kier alpha value is -2.60. The Morgan fingerprint density at radius 2 is 1.88 bits per heavy atom. The molecule has 1 heterocycles. The van der Waals surface area contributed by atoms with E-state index in [1.807, 2.05) is 56.3 Å². The van der Waals surface area contributed by atoms with Crippen molar-refractivity contribution < 1.29 is 9.32 Å². The molecule has 0 radical (unpaired) electrons. The van der Waals surface area contributed by atoms with Gasteiger partial charge in [0.2, 0.25) is 17.6 Å². The summed E-state index contributed by atoms with van der Waals surface area (Å²) in [6.07, 6.45) is 0. The van der Waals surface area contributed by atoms with Crippen LogP contribution in [-0.2, 0) is 17.1 Å². The fourth-order valence-corrected chi connectivity index (χ4v) is 3.19. The van der Waals surface area contributed by atoms with Crippen LogP contribution < -0.4 is 5.32 Å². The van der Waals surface area contributed by atoms with Crippen molar-refractivity contribution in [2.24, 2.45) is 0 Å². The maximum atomic E-state index is 12.2. The maximum absolute atomic E-state index is 12.2. The molecule has 0 spiro atoms. The number of nitrogens with zero attached hydrogens (tertiary/aromatic N) is 2. The topological polar surface area (TPSA) is 68.0 Å². The van der Waals surface area contributed by atoms with E-state index in [1.54, 1.807) is 11.8 Å². The summed E-state index contributed by atoms with van der Waals surface area (Å²) in [5.74, 6) is 1.68. The van der Waals surface area contributed by atoms with Gasteiger partial charge in [0.05, 0.1) is 11.8 Å². The average molecular weight is 367 g/mol. The van der Waals surface area contributed by atoms with Crippen molar-refractivity contribution in [2.75, 3.05) is 0 Å². The number of nitrogens with one attached hydrogen (secondary N) is 1. The number of aryl methyl sites for hydroxylation is 1. The van der Waals surface area contributed by atoms with Crippen LogP contribution >= 0.6 is 11.8 Å². The van der Waals surface area contributed by atoms with E-state index in [9.17, 15) is 4.79 Å². The Labute approximate surface area is 157 Å². The first kappa shape index (κ1) is 18.2. The molecule has 1 atom stereocenters. The van der Waals surface area contributed by atoms with Crippen LogP contribution in [0.3, 0.4) is 0 Å². The fraction of sp³-hybridized carbons (Fsp3) is 0.250. The van der Waals surface area contributed by atoms with Gasteiger partial charge < -0.3 is 9.84 Å². The third kappa shape index (κ3) is 4.95. The van der Waals surface area contributed by atoms with Crippen molar-refractivity contribution in [3.8, 4) is 11.4 Å². The molecule has 3 aromatic rings. The highest BCUT2D eigenvalue weighted by molar-refractivity contribution is 7.99. The van der Waals surface area contributed by atoms with Crippen LogP contribution in [0.1, 0.15) is 23.9 Å². The van der Waals surface area contributed by atoms with Crippen LogP contribution in [-0.4, -0.2) is 21.3 Å². The molecule has 6 heteroatoms. The highest BCUT2D eigenvalue weighted by atomic mass is 32.2. The van der Waals surface area contributed by atoms with Crippen LogP contribution in [0.4, 0.5) is 0 Å². The van der Waals surface area contributed by atoms with E-state index in [2.05, 4.69) is 27.6 Å². The van der Waals surface area contributed by atoms with Crippen molar-refractivity contribution in [3.63, 3.8) is 0 Å². The molecule has 0 aliphatic carbocycles. The number of carbonyl (C=O) groups is 1. The Morgan fingerprint density at radius 1 is 1.15 bits per heavy atom. The molecule has 0 bridgehead atoms. The number of amides is 1. The summed E-state index contributed by atoms with van der Waals surface area (Å²) >= 11 is 1.60. The van der Waals surface area contributed by atoms with Crippen molar-refractivity contribution in [3.05, 3.63) is 71.6 Å². The molecule has 1 aromatic heterocycles. The van der Waals surface area contributed by atoms with Crippen molar-refractivity contribution in [2.45, 2.75) is 31.4 Å². The lowest BCUT2D eigenvalue weighted by Crippen LogP contribution is -2.30. The maximum Gasteiger partial charge on any atom is 0.246 e. The van der Waals surface area contributed by atoms with Gasteiger partial charge in [-0.25, -0.2) is 0 Å². The second-order valence-corrected chi connectivity index (χ2v) is 7.36. The number of carbonyl (C=O) groups excluding carboxylic acids is 1. The average Bonchev–Trinajstić information content (AvgIpc) is 3.14. The molecule has 0 saturated carbocycles. The molecule has 0 fully saturated rings. The van der Waals surface area contributed by atoms with Gasteiger partial charge in [-0.15, -0.1) is 11.8 Å². The van der Waals surface area contributed by atoms with Gasteiger partial charge in [-0.2, -0.15) is 4.98 Å². The zero-order valence-corrected chi connectivity index (χ0v) is 15.6. The molecule has 1 N–H and O–H groups in total. The van der Waals surface area contributed by atoms with Crippen molar-refractivity contribution >= 4 is 17.7 Å². The molecule has 5 nitrogen and oxygen atoms in total. The van der Waals surface area contributed by atoms with E-state index < -0.39 is 0 Å². The van der Waals surface area contributed by atoms with E-state index in [0.717, 1.165) is 11.3 Å². The first-order chi connectivity index (χ1) is 12.6. The van der Waals surface area contributed by atoms with E-state index in [0.29, 0.717) is 11.7 Å². The summed E-state index contributed by atoms with van der Waals surface area (Å²) < 4.78 is 5.23. The fourth-order valence-electron chi connectivity index (χ4n) is 2.32. The highest BCUT2D eigenvalue weighted by Crippen LogP contribution is 2.18. The lowest BCUT2D eigenvalue weighted by molar-refractivity contribution is -0.120. The van der Waals surface area contributed by atoms with E-state index >= 15 is 0 Å². The zero-order chi connectivity index (χ0) is 18.4. The van der Waals surface area contributed by atoms with Gasteiger partial charge in [0.25, 0.3) is 0 Å². The Bertz CT molecular complexity index is 847. The summed E-state index contributed by atoms with van der Waals surface area (Å²) in [6.45, 7) is 4.15. The second-order valence-electron chi connectivity index (χ2n) is 6.03. The van der Waals surface area contributed by atoms with E-state index in [1.165, 1.54) is 11.1 Å². The number of rotatable bonds is 7. The third-order valence-corrected chi connectivity index (χ3v) is 5.12. The molecule has 0 saturated heterocycles. The molecule has 1 amide bonds. The van der Waals surface area contributed by atoms with Gasteiger partial charge in [-0.3, -0.25) is 4.79 Å². The first-order valence-electron chi connectivity index (χ1n) is 8.44. The third-order valence-electron chi connectivity index (χ3n) is 3.90. The minimum absolute atomic E-state index is 0.0407. The monoisotopic (exact) mass is 367 g/mol. The number of hydrogen-bond acceptors (Lipinski definition) is 5. The minimum atomic E-state index is -0.158. The second kappa shape index (κ2) is 8.67. The number of hydrogen-bond donors (Lipinski definition) is 1. The number of thioether (sulfide) groups is 1. The Kier molecular flexibility index (Phi) is 6.07. The number of aromatic nitrogens is 2. The smallest absolute Gasteiger partial charge is 0.246 e. The predicted octanol–water partition coefficient (Wildman–Crippen LogP) is 3.98. The SMILES string of the molecule is Cc1ccc(-c2noc(CNC(=O)[C@H](C)SCc3ccccc3)n2)cc1. The quantitative estimate of drug-likeness (QED) is 0.684. The number of benzene rings is 2. The van der Waals surface area contributed by atoms with Gasteiger partial charge in [-0.1, -0.05) is 65.3 Å². The molecule has 0 aliphatic rings. The standard InChI is InChI=1S/C20H21N3O2S/c1-14-8-10-17(11-9-14)19-22-18(25-23-19)12-21-20(24)15(2)26-13-16-6-4-3-5-7-16/h3-11,15H,12-13H2,1-2H3,(H,21,24)/t15-/m0/s1. The van der Waals surface area contributed by atoms with Gasteiger partial charge >= 0.3 is 0 Å². The van der Waals surface area contributed by atoms with Crippen LogP contribution in [0.5, 0.6) is 0 Å². The molecular weight excluding hydrogens is 346 g/mol. The Morgan fingerprint density at radius 3 is 2.62 bits per heavy atom. The predicted molar refractivity (Wildman–Crippen MR) is 104 cm³/mol. The van der Waals surface area contributed by atoms with Crippen LogP contribution in [0.15, 0.2) is 59.1 Å². The van der Waals surface area contributed by atoms with Crippen molar-refractivity contribution in [1.29, 1.82) is 0 Å². The van der Waals surface area contributed by atoms with E-state index in [4.69, 9.17) is 4.52 Å². The normalized spacial score (nSPS) is 11.9. The molecule has 2 aromatic carbocycles. The minimum Gasteiger partial charge on any atom is -0.346 e. The van der Waals surface area contributed by atoms with Gasteiger partial charge in [0, 0.05) is 11.3 Å². The summed E-state index contributed by atoms with van der Waals surface area (Å²) in [6, 6.07) is 18.0. The Balaban J connectivity index is 1.49. The molecule has 3 rings (SSSR count). The van der Waals surface area contributed by atoms with Gasteiger partial charge in [0.1, 0.15) is 0 Å². The summed E-state index contributed by atoms with van der Waals surface area (Å²) in [4.78, 5) is 16.6. The lowest BCUT2D eigenvalue weighted by atomic mass is 10.1. The first-order valence-corrected chi connectivity index (χ1v) is 9.49. The molecule has 0 aliphatic heterocycles. The van der Waals surface area contributed by atoms with E-state index in [-0.39, 0.29) is 17.7 Å². The summed E-state index contributed by atoms with van der Waals surface area (Å²) in [7, 11) is 0. The zero-order valence-electron chi connectivity index (χ0n) is 14.8.